The molecular formula is C115H220O12. The molecule has 0 amide bonds. The molecule has 0 saturated carbocycles. The molecule has 0 aromatic rings. The molecule has 2 unspecified atom stereocenters. The maximum absolute atomic E-state index is 13.0. The average Bonchev–Trinajstić information content (AvgIpc) is 0.944. The molecule has 0 spiro atoms. The van der Waals surface area contributed by atoms with Crippen LogP contribution in [0.1, 0.15) is 663 Å². The Kier molecular flexibility index (Phi) is 105. The molecule has 0 aliphatic heterocycles. The van der Waals surface area contributed by atoms with Crippen LogP contribution in [0.25, 0.3) is 0 Å². The van der Waals surface area contributed by atoms with Crippen molar-refractivity contribution in [3.63, 3.8) is 0 Å². The highest BCUT2D eigenvalue weighted by Gasteiger charge is 2.22. The summed E-state index contributed by atoms with van der Waals surface area (Å²) in [5.41, 5.74) is 0. The first-order valence-corrected chi connectivity index (χ1v) is 57.7. The van der Waals surface area contributed by atoms with E-state index < -0.39 is 12.2 Å². The lowest BCUT2D eigenvalue weighted by Gasteiger charge is -2.18. The first kappa shape index (κ1) is 124. The van der Waals surface area contributed by atoms with Crippen LogP contribution in [0.15, 0.2) is 0 Å². The van der Waals surface area contributed by atoms with Gasteiger partial charge in [-0.25, -0.2) is 0 Å². The Morgan fingerprint density at radius 3 is 0.315 bits per heavy atom. The standard InChI is InChI=1S/C115H220O12/c1-5-9-13-17-21-25-29-33-56-62-68-74-80-86-92-98-110(116)122-104-108(126-114(120)102-96-90-84-78-72-66-58-35-31-27-23-19-15-11-7-3)106-124-112(118)100-94-88-82-76-70-64-60-54-52-50-48-46-44-42-40-38-37-39-41-43-45-47-49-51-53-55-61-65-71-77-83-89-95-101-113(119)125-107-109(127-115(121)103-97-91-85-79-73-67-59-36-32-28-24-20-16-12-8-4)105-123-111(117)99-93-87-81-75-69-63-57-34-30-26-22-18-14-10-6-2/h108-109H,5-107H2,1-4H3. The zero-order valence-electron chi connectivity index (χ0n) is 85.9. The number of hydrogen-bond acceptors (Lipinski definition) is 12. The van der Waals surface area contributed by atoms with E-state index in [1.165, 1.54) is 482 Å². The van der Waals surface area contributed by atoms with Gasteiger partial charge >= 0.3 is 35.8 Å². The van der Waals surface area contributed by atoms with Crippen molar-refractivity contribution < 1.29 is 57.2 Å². The Labute approximate surface area is 790 Å². The average molecular weight is 1800 g/mol. The van der Waals surface area contributed by atoms with Gasteiger partial charge in [0.15, 0.2) is 12.2 Å². The van der Waals surface area contributed by atoms with Crippen LogP contribution in [0.5, 0.6) is 0 Å². The Morgan fingerprint density at radius 1 is 0.126 bits per heavy atom. The minimum absolute atomic E-state index is 0.0715. The molecule has 12 nitrogen and oxygen atoms in total. The first-order chi connectivity index (χ1) is 62.6. The summed E-state index contributed by atoms with van der Waals surface area (Å²) in [5.74, 6) is -1.69. The van der Waals surface area contributed by atoms with Gasteiger partial charge in [-0.3, -0.25) is 28.8 Å². The van der Waals surface area contributed by atoms with E-state index in [4.69, 9.17) is 28.4 Å². The molecule has 0 saturated heterocycles. The molecule has 0 aliphatic carbocycles. The number of ether oxygens (including phenoxy) is 6. The van der Waals surface area contributed by atoms with E-state index in [2.05, 4.69) is 27.7 Å². The van der Waals surface area contributed by atoms with Gasteiger partial charge in [-0.1, -0.05) is 586 Å². The first-order valence-electron chi connectivity index (χ1n) is 57.7. The van der Waals surface area contributed by atoms with E-state index in [9.17, 15) is 28.8 Å². The highest BCUT2D eigenvalue weighted by Crippen LogP contribution is 2.24. The molecule has 752 valence electrons. The summed E-state index contributed by atoms with van der Waals surface area (Å²) in [6.07, 6.45) is 120. The number of hydrogen-bond donors (Lipinski definition) is 0. The molecule has 127 heavy (non-hydrogen) atoms. The molecule has 0 aromatic carbocycles. The van der Waals surface area contributed by atoms with Crippen molar-refractivity contribution in [2.75, 3.05) is 26.4 Å². The second kappa shape index (κ2) is 108. The quantitative estimate of drug-likeness (QED) is 0.0323. The zero-order chi connectivity index (χ0) is 91.7. The van der Waals surface area contributed by atoms with Gasteiger partial charge in [0.25, 0.3) is 0 Å². The van der Waals surface area contributed by atoms with Crippen LogP contribution in [0.4, 0.5) is 0 Å². The minimum atomic E-state index is -0.778. The molecule has 0 heterocycles. The molecule has 0 rings (SSSR count). The van der Waals surface area contributed by atoms with Crippen molar-refractivity contribution in [3.8, 4) is 0 Å². The lowest BCUT2D eigenvalue weighted by molar-refractivity contribution is -0.167. The normalized spacial score (nSPS) is 12.0. The van der Waals surface area contributed by atoms with E-state index in [1.54, 1.807) is 0 Å². The number of carbonyl (C=O) groups is 6. The van der Waals surface area contributed by atoms with Gasteiger partial charge in [-0.2, -0.15) is 0 Å². The molecule has 0 radical (unpaired) electrons. The Balaban J connectivity index is 4.13. The van der Waals surface area contributed by atoms with Crippen LogP contribution < -0.4 is 0 Å². The van der Waals surface area contributed by atoms with Crippen LogP contribution in [0.3, 0.4) is 0 Å². The number of rotatable bonds is 110. The fourth-order valence-corrected chi connectivity index (χ4v) is 18.3. The summed E-state index contributed by atoms with van der Waals surface area (Å²) < 4.78 is 34.2. The van der Waals surface area contributed by atoms with E-state index in [-0.39, 0.29) is 62.2 Å². The Hall–Kier alpha value is -3.18. The topological polar surface area (TPSA) is 158 Å². The van der Waals surface area contributed by atoms with E-state index in [1.807, 2.05) is 0 Å². The van der Waals surface area contributed by atoms with Crippen molar-refractivity contribution in [3.05, 3.63) is 0 Å². The summed E-state index contributed by atoms with van der Waals surface area (Å²) in [5, 5.41) is 0. The van der Waals surface area contributed by atoms with E-state index >= 15 is 0 Å². The number of esters is 6. The van der Waals surface area contributed by atoms with Gasteiger partial charge in [0, 0.05) is 38.5 Å². The molecule has 12 heteroatoms. The van der Waals surface area contributed by atoms with E-state index in [0.29, 0.717) is 38.5 Å². The largest absolute Gasteiger partial charge is 0.462 e. The minimum Gasteiger partial charge on any atom is -0.462 e. The van der Waals surface area contributed by atoms with Crippen molar-refractivity contribution in [2.24, 2.45) is 0 Å². The monoisotopic (exact) mass is 1790 g/mol. The number of carbonyl (C=O) groups excluding carboxylic acids is 6. The third kappa shape index (κ3) is 105. The molecule has 2 atom stereocenters. The summed E-state index contributed by atoms with van der Waals surface area (Å²) in [6, 6.07) is 0. The van der Waals surface area contributed by atoms with Crippen molar-refractivity contribution in [1.29, 1.82) is 0 Å². The third-order valence-electron chi connectivity index (χ3n) is 27.0. The van der Waals surface area contributed by atoms with Crippen LogP contribution in [-0.2, 0) is 57.2 Å². The van der Waals surface area contributed by atoms with E-state index in [0.717, 1.165) is 116 Å². The predicted molar refractivity (Wildman–Crippen MR) is 543 cm³/mol. The maximum Gasteiger partial charge on any atom is 0.306 e. The SMILES string of the molecule is CCCCCCCCCCCCCCCCCC(=O)OCC(COC(=O)CCCCCCCCCCCCCCCCCCCCCCCCCCCCCCCCCCCC(=O)OCC(COC(=O)CCCCCCCCCCCCCCCCC)OC(=O)CCCCCCCCCCCCCCCCC)OC(=O)CCCCCCCCCCCCCCCCC. The summed E-state index contributed by atoms with van der Waals surface area (Å²) in [4.78, 5) is 77.3. The highest BCUT2D eigenvalue weighted by atomic mass is 16.6. The van der Waals surface area contributed by atoms with Crippen LogP contribution >= 0.6 is 0 Å². The van der Waals surface area contributed by atoms with Gasteiger partial charge in [-0.15, -0.1) is 0 Å². The fourth-order valence-electron chi connectivity index (χ4n) is 18.3. The number of unbranched alkanes of at least 4 members (excludes halogenated alkanes) is 88. The predicted octanol–water partition coefficient (Wildman–Crippen LogP) is 37.7. The highest BCUT2D eigenvalue weighted by molar-refractivity contribution is 5.72. The molecular weight excluding hydrogens is 1570 g/mol. The molecule has 0 aromatic heterocycles. The maximum atomic E-state index is 13.0. The van der Waals surface area contributed by atoms with Gasteiger partial charge < -0.3 is 28.4 Å². The van der Waals surface area contributed by atoms with Crippen molar-refractivity contribution >= 4 is 35.8 Å². The molecule has 0 N–H and O–H groups in total. The van der Waals surface area contributed by atoms with Gasteiger partial charge in [0.1, 0.15) is 26.4 Å². The zero-order valence-corrected chi connectivity index (χ0v) is 85.9. The lowest BCUT2D eigenvalue weighted by atomic mass is 10.0. The fraction of sp³-hybridized carbons (Fsp3) is 0.948. The summed E-state index contributed by atoms with van der Waals surface area (Å²) >= 11 is 0. The summed E-state index contributed by atoms with van der Waals surface area (Å²) in [7, 11) is 0. The second-order valence-corrected chi connectivity index (χ2v) is 39.9. The van der Waals surface area contributed by atoms with Gasteiger partial charge in [0.05, 0.1) is 0 Å². The smallest absolute Gasteiger partial charge is 0.306 e. The Morgan fingerprint density at radius 2 is 0.213 bits per heavy atom. The molecule has 0 bridgehead atoms. The third-order valence-corrected chi connectivity index (χ3v) is 27.0. The Bertz CT molecular complexity index is 2070. The van der Waals surface area contributed by atoms with Crippen molar-refractivity contribution in [1.82, 2.24) is 0 Å². The van der Waals surface area contributed by atoms with Crippen LogP contribution in [-0.4, -0.2) is 74.5 Å². The molecule has 0 aliphatic rings. The van der Waals surface area contributed by atoms with Gasteiger partial charge in [-0.05, 0) is 38.5 Å². The lowest BCUT2D eigenvalue weighted by Crippen LogP contribution is -2.30. The molecule has 0 fully saturated rings. The second-order valence-electron chi connectivity index (χ2n) is 39.9. The van der Waals surface area contributed by atoms with Gasteiger partial charge in [0.2, 0.25) is 0 Å². The summed E-state index contributed by atoms with van der Waals surface area (Å²) in [6.45, 7) is 8.83. The van der Waals surface area contributed by atoms with Crippen LogP contribution in [0, 0.1) is 0 Å². The van der Waals surface area contributed by atoms with Crippen LogP contribution in [0.2, 0.25) is 0 Å². The van der Waals surface area contributed by atoms with Crippen molar-refractivity contribution in [2.45, 2.75) is 676 Å².